The van der Waals surface area contributed by atoms with Crippen LogP contribution in [0.25, 0.3) is 0 Å². The quantitative estimate of drug-likeness (QED) is 0.330. The van der Waals surface area contributed by atoms with E-state index in [0.717, 1.165) is 0 Å². The fraction of sp³-hybridized carbons (Fsp3) is 0.818. The van der Waals surface area contributed by atoms with Gasteiger partial charge in [-0.2, -0.15) is 0 Å². The molecule has 1 heterocycles. The second-order valence-electron chi connectivity index (χ2n) is 4.28. The molecule has 0 spiro atoms. The number of hydrogen-bond donors (Lipinski definition) is 2. The number of carbonyl (C=O) groups is 2. The van der Waals surface area contributed by atoms with Gasteiger partial charge in [-0.15, -0.1) is 0 Å². The van der Waals surface area contributed by atoms with Crippen LogP contribution in [0.3, 0.4) is 0 Å². The van der Waals surface area contributed by atoms with Gasteiger partial charge in [-0.3, -0.25) is 4.79 Å². The van der Waals surface area contributed by atoms with Crippen LogP contribution < -0.4 is 0 Å². The van der Waals surface area contributed by atoms with Crippen LogP contribution in [0, 0.1) is 0 Å². The van der Waals surface area contributed by atoms with Crippen molar-refractivity contribution >= 4 is 19.6 Å². The molecule has 0 amide bonds. The van der Waals surface area contributed by atoms with Gasteiger partial charge in [-0.05, 0) is 6.92 Å². The molecule has 7 nitrogen and oxygen atoms in total. The number of aliphatic hydroxyl groups is 2. The van der Waals surface area contributed by atoms with Crippen LogP contribution in [0.4, 0.5) is 0 Å². The molecule has 2 N–H and O–H groups in total. The van der Waals surface area contributed by atoms with E-state index in [1.54, 1.807) is 0 Å². The van der Waals surface area contributed by atoms with Gasteiger partial charge in [0.05, 0.1) is 13.0 Å². The first-order valence-corrected chi connectivity index (χ1v) is 5.92. The van der Waals surface area contributed by atoms with E-state index in [2.05, 4.69) is 0 Å². The van der Waals surface area contributed by atoms with Crippen LogP contribution in [0.2, 0.25) is 0 Å². The lowest BCUT2D eigenvalue weighted by atomic mass is 9.93. The van der Waals surface area contributed by atoms with Gasteiger partial charge in [-0.1, -0.05) is 0 Å². The first-order chi connectivity index (χ1) is 8.95. The Bertz CT molecular complexity index is 322. The number of esters is 1. The van der Waals surface area contributed by atoms with Crippen molar-refractivity contribution in [2.45, 2.75) is 44.1 Å². The molecule has 1 aliphatic rings. The minimum absolute atomic E-state index is 0.0201. The second kappa shape index (κ2) is 7.59. The minimum atomic E-state index is -1.09. The molecule has 4 atom stereocenters. The highest BCUT2D eigenvalue weighted by Crippen LogP contribution is 2.21. The lowest BCUT2D eigenvalue weighted by Gasteiger charge is -2.18. The topological polar surface area (TPSA) is 102 Å². The molecule has 0 aliphatic carbocycles. The van der Waals surface area contributed by atoms with Crippen molar-refractivity contribution in [1.82, 2.24) is 0 Å². The zero-order valence-corrected chi connectivity index (χ0v) is 10.7. The molecule has 1 saturated heterocycles. The normalized spacial score (nSPS) is 30.3. The maximum atomic E-state index is 11.2. The number of aliphatic hydroxyl groups excluding tert-OH is 2. The summed E-state index contributed by atoms with van der Waals surface area (Å²) in [6.45, 7) is 0.602. The summed E-state index contributed by atoms with van der Waals surface area (Å²) < 4.78 is 14.9. The van der Waals surface area contributed by atoms with Crippen molar-refractivity contribution in [2.24, 2.45) is 0 Å². The van der Waals surface area contributed by atoms with Gasteiger partial charge in [0.1, 0.15) is 31.9 Å². The Kier molecular flexibility index (Phi) is 6.43. The Labute approximate surface area is 112 Å². The third kappa shape index (κ3) is 4.91. The van der Waals surface area contributed by atoms with Crippen molar-refractivity contribution in [3.05, 3.63) is 0 Å². The summed E-state index contributed by atoms with van der Waals surface area (Å²) in [5, 5.41) is 18.6. The van der Waals surface area contributed by atoms with Crippen molar-refractivity contribution < 1.29 is 34.0 Å². The number of ether oxygens (including phenoxy) is 3. The molecule has 106 valence electrons. The summed E-state index contributed by atoms with van der Waals surface area (Å²) in [5.74, 6) is -0.679. The summed E-state index contributed by atoms with van der Waals surface area (Å²) in [5.41, 5.74) is 0. The van der Waals surface area contributed by atoms with E-state index in [0.29, 0.717) is 0 Å². The van der Waals surface area contributed by atoms with E-state index in [1.807, 2.05) is 0 Å². The number of ketones is 1. The van der Waals surface area contributed by atoms with E-state index < -0.39 is 37.1 Å². The van der Waals surface area contributed by atoms with Crippen LogP contribution >= 0.6 is 0 Å². The maximum Gasteiger partial charge on any atom is 0.308 e. The van der Waals surface area contributed by atoms with Crippen LogP contribution in [0.5, 0.6) is 0 Å². The first kappa shape index (κ1) is 16.1. The Morgan fingerprint density at radius 3 is 2.58 bits per heavy atom. The largest absolute Gasteiger partial charge is 0.438 e. The highest BCUT2D eigenvalue weighted by atomic mass is 16.7. The second-order valence-corrected chi connectivity index (χ2v) is 4.28. The van der Waals surface area contributed by atoms with Gasteiger partial charge in [0.25, 0.3) is 0 Å². The maximum absolute atomic E-state index is 11.2. The van der Waals surface area contributed by atoms with Gasteiger partial charge in [-0.25, -0.2) is 0 Å². The van der Waals surface area contributed by atoms with E-state index in [-0.39, 0.29) is 25.2 Å². The average molecular weight is 272 g/mol. The third-order valence-corrected chi connectivity index (χ3v) is 2.71. The van der Waals surface area contributed by atoms with Gasteiger partial charge in [0, 0.05) is 12.4 Å². The fourth-order valence-corrected chi connectivity index (χ4v) is 1.64. The lowest BCUT2D eigenvalue weighted by Crippen LogP contribution is -2.37. The molecule has 19 heavy (non-hydrogen) atoms. The van der Waals surface area contributed by atoms with Crippen molar-refractivity contribution in [1.29, 1.82) is 0 Å². The van der Waals surface area contributed by atoms with E-state index in [9.17, 15) is 14.7 Å². The molecule has 2 radical (unpaired) electrons. The minimum Gasteiger partial charge on any atom is -0.438 e. The Morgan fingerprint density at radius 2 is 2.05 bits per heavy atom. The first-order valence-electron chi connectivity index (χ1n) is 5.92. The Morgan fingerprint density at radius 1 is 1.37 bits per heavy atom. The predicted octanol–water partition coefficient (Wildman–Crippen LogP) is -1.51. The van der Waals surface area contributed by atoms with E-state index in [4.69, 9.17) is 27.2 Å². The fourth-order valence-electron chi connectivity index (χ4n) is 1.64. The van der Waals surface area contributed by atoms with Crippen molar-refractivity contribution in [3.8, 4) is 0 Å². The predicted molar refractivity (Wildman–Crippen MR) is 63.3 cm³/mol. The highest BCUT2D eigenvalue weighted by Gasteiger charge is 2.41. The van der Waals surface area contributed by atoms with Crippen molar-refractivity contribution in [2.75, 3.05) is 13.4 Å². The molecule has 0 aromatic carbocycles. The van der Waals surface area contributed by atoms with Gasteiger partial charge >= 0.3 is 5.97 Å². The molecular formula is C11H17BO7. The number of hydrogen-bond acceptors (Lipinski definition) is 7. The zero-order valence-electron chi connectivity index (χ0n) is 10.7. The molecule has 0 aromatic heterocycles. The standard InChI is InChI=1S/C11H17BO7/c1-6(14)2-3-8(15)17-5-18-10-9(16)7(4-13)19-11(10)12/h7,9-11,13,16H,2-5H2,1H3. The van der Waals surface area contributed by atoms with Crippen LogP contribution in [0.1, 0.15) is 19.8 Å². The average Bonchev–Trinajstić information content (AvgIpc) is 2.63. The molecule has 0 aromatic rings. The van der Waals surface area contributed by atoms with Crippen molar-refractivity contribution in [3.63, 3.8) is 0 Å². The molecular weight excluding hydrogens is 255 g/mol. The van der Waals surface area contributed by atoms with E-state index >= 15 is 0 Å². The third-order valence-electron chi connectivity index (χ3n) is 2.71. The van der Waals surface area contributed by atoms with Crippen LogP contribution in [-0.4, -0.2) is 67.5 Å². The van der Waals surface area contributed by atoms with Crippen LogP contribution in [0.15, 0.2) is 0 Å². The number of Topliss-reactive ketones (excluding diaryl/α,β-unsaturated/α-hetero) is 1. The van der Waals surface area contributed by atoms with Gasteiger partial charge < -0.3 is 29.2 Å². The number of rotatable bonds is 7. The molecule has 0 bridgehead atoms. The molecule has 1 aliphatic heterocycles. The molecule has 4 unspecified atom stereocenters. The summed E-state index contributed by atoms with van der Waals surface area (Å²) >= 11 is 0. The van der Waals surface area contributed by atoms with Gasteiger partial charge in [0.15, 0.2) is 6.79 Å². The molecule has 8 heteroatoms. The Balaban J connectivity index is 2.25. The zero-order chi connectivity index (χ0) is 14.4. The summed E-state index contributed by atoms with van der Waals surface area (Å²) in [6.07, 6.45) is -2.68. The molecule has 0 saturated carbocycles. The number of carbonyl (C=O) groups excluding carboxylic acids is 2. The smallest absolute Gasteiger partial charge is 0.308 e. The van der Waals surface area contributed by atoms with Crippen LogP contribution in [-0.2, 0) is 23.8 Å². The highest BCUT2D eigenvalue weighted by molar-refractivity contribution is 6.11. The Hall–Kier alpha value is -0.955. The summed E-state index contributed by atoms with van der Waals surface area (Å²) in [4.78, 5) is 21.8. The molecule has 1 fully saturated rings. The molecule has 1 rings (SSSR count). The monoisotopic (exact) mass is 272 g/mol. The summed E-state index contributed by atoms with van der Waals surface area (Å²) in [7, 11) is 5.55. The van der Waals surface area contributed by atoms with Gasteiger partial charge in [0.2, 0.25) is 0 Å². The van der Waals surface area contributed by atoms with E-state index in [1.165, 1.54) is 6.92 Å². The summed E-state index contributed by atoms with van der Waals surface area (Å²) in [6, 6.07) is -0.900. The lowest BCUT2D eigenvalue weighted by molar-refractivity contribution is -0.166. The SMILES string of the molecule is [B]C1OC(CO)C(O)C1OCOC(=O)CCC(C)=O.